The van der Waals surface area contributed by atoms with Gasteiger partial charge in [0, 0.05) is 31.5 Å². The molecule has 0 atom stereocenters. The fourth-order valence-corrected chi connectivity index (χ4v) is 3.16. The molecule has 0 radical (unpaired) electrons. The van der Waals surface area contributed by atoms with E-state index in [1.807, 2.05) is 50.7 Å². The zero-order valence-electron chi connectivity index (χ0n) is 13.8. The van der Waals surface area contributed by atoms with E-state index in [1.165, 1.54) is 16.3 Å². The lowest BCUT2D eigenvalue weighted by molar-refractivity contribution is -0.118. The van der Waals surface area contributed by atoms with Gasteiger partial charge in [-0.05, 0) is 31.0 Å². The number of rotatable bonds is 2. The molecule has 1 aromatic carbocycles. The second-order valence-electron chi connectivity index (χ2n) is 5.76. The van der Waals surface area contributed by atoms with E-state index >= 15 is 0 Å². The molecule has 1 aliphatic rings. The maximum absolute atomic E-state index is 12.4. The average molecular weight is 342 g/mol. The van der Waals surface area contributed by atoms with Gasteiger partial charge in [-0.25, -0.2) is 5.01 Å². The second-order valence-corrected chi connectivity index (χ2v) is 6.63. The van der Waals surface area contributed by atoms with E-state index in [2.05, 4.69) is 10.1 Å². The molecule has 1 aliphatic heterocycles. The number of aryl methyl sites for hydroxylation is 3. The average Bonchev–Trinajstić information content (AvgIpc) is 2.95. The molecule has 24 heavy (non-hydrogen) atoms. The first-order valence-electron chi connectivity index (χ1n) is 7.62. The van der Waals surface area contributed by atoms with Crippen molar-refractivity contribution in [2.75, 3.05) is 5.01 Å². The number of carbonyl (C=O) groups is 2. The predicted molar refractivity (Wildman–Crippen MR) is 93.9 cm³/mol. The molecular weight excluding hydrogens is 324 g/mol. The molecule has 0 N–H and O–H groups in total. The zero-order chi connectivity index (χ0) is 17.3. The Kier molecular flexibility index (Phi) is 4.44. The molecule has 0 aliphatic carbocycles. The van der Waals surface area contributed by atoms with Crippen LogP contribution < -0.4 is 9.81 Å². The highest BCUT2D eigenvalue weighted by molar-refractivity contribution is 7.07. The van der Waals surface area contributed by atoms with E-state index in [0.29, 0.717) is 22.6 Å². The van der Waals surface area contributed by atoms with Crippen molar-refractivity contribution in [2.45, 2.75) is 26.7 Å². The molecule has 0 spiro atoms. The van der Waals surface area contributed by atoms with Crippen LogP contribution in [0.15, 0.2) is 39.9 Å². The number of carbonyl (C=O) groups excluding carboxylic acids is 2. The van der Waals surface area contributed by atoms with Crippen molar-refractivity contribution in [2.24, 2.45) is 17.1 Å². The van der Waals surface area contributed by atoms with Crippen LogP contribution in [0, 0.1) is 13.8 Å². The molecule has 2 amide bonds. The van der Waals surface area contributed by atoms with Crippen LogP contribution in [-0.4, -0.2) is 22.1 Å². The van der Waals surface area contributed by atoms with E-state index in [4.69, 9.17) is 0 Å². The van der Waals surface area contributed by atoms with E-state index in [1.54, 1.807) is 4.57 Å². The highest BCUT2D eigenvalue weighted by Gasteiger charge is 2.26. The standard InChI is InChI=1S/C17H18N4O2S/c1-11-4-5-12(2)14(10-11)21-15(22)7-6-13(19-21)16(23)18-17-20(3)8-9-24-17/h4-5,8-10H,6-7H2,1-3H3. The number of aromatic nitrogens is 1. The Labute approximate surface area is 143 Å². The number of hydrogen-bond donors (Lipinski definition) is 0. The van der Waals surface area contributed by atoms with Crippen molar-refractivity contribution < 1.29 is 9.59 Å². The molecule has 0 saturated heterocycles. The molecule has 124 valence electrons. The Morgan fingerprint density at radius 1 is 1.29 bits per heavy atom. The summed E-state index contributed by atoms with van der Waals surface area (Å²) in [5, 5.41) is 7.50. The summed E-state index contributed by atoms with van der Waals surface area (Å²) < 4.78 is 1.78. The lowest BCUT2D eigenvalue weighted by atomic mass is 10.1. The SMILES string of the molecule is Cc1ccc(C)c(N2N=C(C(=O)N=c3sccn3C)CCC2=O)c1. The van der Waals surface area contributed by atoms with Crippen molar-refractivity contribution in [3.8, 4) is 0 Å². The van der Waals surface area contributed by atoms with Crippen LogP contribution >= 0.6 is 11.3 Å². The first-order valence-corrected chi connectivity index (χ1v) is 8.50. The third-order valence-corrected chi connectivity index (χ3v) is 4.68. The summed E-state index contributed by atoms with van der Waals surface area (Å²) in [6.45, 7) is 3.88. The molecule has 7 heteroatoms. The van der Waals surface area contributed by atoms with Gasteiger partial charge in [0.25, 0.3) is 5.91 Å². The van der Waals surface area contributed by atoms with Crippen molar-refractivity contribution in [3.05, 3.63) is 45.7 Å². The van der Waals surface area contributed by atoms with Gasteiger partial charge in [0.2, 0.25) is 5.91 Å². The number of amides is 2. The largest absolute Gasteiger partial charge is 0.327 e. The lowest BCUT2D eigenvalue weighted by Gasteiger charge is -2.24. The van der Waals surface area contributed by atoms with Crippen molar-refractivity contribution in [1.82, 2.24) is 4.57 Å². The highest BCUT2D eigenvalue weighted by Crippen LogP contribution is 2.25. The van der Waals surface area contributed by atoms with Crippen molar-refractivity contribution >= 4 is 34.6 Å². The van der Waals surface area contributed by atoms with Crippen LogP contribution in [-0.2, 0) is 16.6 Å². The number of hydrogen-bond acceptors (Lipinski definition) is 4. The lowest BCUT2D eigenvalue weighted by Crippen LogP contribution is -2.34. The van der Waals surface area contributed by atoms with Crippen LogP contribution in [0.25, 0.3) is 0 Å². The van der Waals surface area contributed by atoms with Gasteiger partial charge in [-0.15, -0.1) is 11.3 Å². The quantitative estimate of drug-likeness (QED) is 0.840. The topological polar surface area (TPSA) is 67.0 Å². The maximum atomic E-state index is 12.4. The third kappa shape index (κ3) is 3.21. The first-order chi connectivity index (χ1) is 11.5. The Bertz CT molecular complexity index is 907. The van der Waals surface area contributed by atoms with Gasteiger partial charge in [-0.1, -0.05) is 12.1 Å². The number of hydrazone groups is 1. The Balaban J connectivity index is 1.98. The van der Waals surface area contributed by atoms with Gasteiger partial charge in [-0.3, -0.25) is 9.59 Å². The van der Waals surface area contributed by atoms with Crippen LogP contribution in [0.3, 0.4) is 0 Å². The number of nitrogens with zero attached hydrogens (tertiary/aromatic N) is 4. The second kappa shape index (κ2) is 6.52. The fourth-order valence-electron chi connectivity index (χ4n) is 2.43. The molecule has 3 rings (SSSR count). The van der Waals surface area contributed by atoms with Crippen LogP contribution in [0.2, 0.25) is 0 Å². The predicted octanol–water partition coefficient (Wildman–Crippen LogP) is 2.31. The minimum absolute atomic E-state index is 0.109. The van der Waals surface area contributed by atoms with Gasteiger partial charge in [0.05, 0.1) is 5.69 Å². The van der Waals surface area contributed by atoms with Crippen molar-refractivity contribution in [1.29, 1.82) is 0 Å². The Morgan fingerprint density at radius 2 is 2.08 bits per heavy atom. The summed E-state index contributed by atoms with van der Waals surface area (Å²) in [5.74, 6) is -0.502. The molecule has 6 nitrogen and oxygen atoms in total. The van der Waals surface area contributed by atoms with E-state index in [0.717, 1.165) is 11.1 Å². The maximum Gasteiger partial charge on any atom is 0.295 e. The summed E-state index contributed by atoms with van der Waals surface area (Å²) >= 11 is 1.38. The molecular formula is C17H18N4O2S. The molecule has 1 aromatic heterocycles. The zero-order valence-corrected chi connectivity index (χ0v) is 14.6. The minimum atomic E-state index is -0.393. The summed E-state index contributed by atoms with van der Waals surface area (Å²) in [5.41, 5.74) is 3.00. The van der Waals surface area contributed by atoms with Gasteiger partial charge in [0.15, 0.2) is 4.80 Å². The van der Waals surface area contributed by atoms with Crippen molar-refractivity contribution in [3.63, 3.8) is 0 Å². The van der Waals surface area contributed by atoms with E-state index in [-0.39, 0.29) is 12.3 Å². The van der Waals surface area contributed by atoms with Crippen LogP contribution in [0.1, 0.15) is 24.0 Å². The summed E-state index contributed by atoms with van der Waals surface area (Å²) in [6, 6.07) is 5.83. The van der Waals surface area contributed by atoms with E-state index < -0.39 is 5.91 Å². The molecule has 0 fully saturated rings. The monoisotopic (exact) mass is 342 g/mol. The van der Waals surface area contributed by atoms with Gasteiger partial charge in [0.1, 0.15) is 5.71 Å². The van der Waals surface area contributed by atoms with E-state index in [9.17, 15) is 9.59 Å². The Hall–Kier alpha value is -2.54. The first kappa shape index (κ1) is 16.3. The highest BCUT2D eigenvalue weighted by atomic mass is 32.1. The van der Waals surface area contributed by atoms with Crippen LogP contribution in [0.4, 0.5) is 5.69 Å². The minimum Gasteiger partial charge on any atom is -0.327 e. The fraction of sp³-hybridized carbons (Fsp3) is 0.294. The number of thiazole rings is 1. The van der Waals surface area contributed by atoms with Gasteiger partial charge >= 0.3 is 0 Å². The normalized spacial score (nSPS) is 15.6. The smallest absolute Gasteiger partial charge is 0.295 e. The number of benzene rings is 1. The summed E-state index contributed by atoms with van der Waals surface area (Å²) in [6.07, 6.45) is 2.41. The van der Waals surface area contributed by atoms with Crippen LogP contribution in [0.5, 0.6) is 0 Å². The Morgan fingerprint density at radius 3 is 2.79 bits per heavy atom. The third-order valence-electron chi connectivity index (χ3n) is 3.83. The van der Waals surface area contributed by atoms with Gasteiger partial charge in [-0.2, -0.15) is 10.1 Å². The molecule has 0 unspecified atom stereocenters. The summed E-state index contributed by atoms with van der Waals surface area (Å²) in [4.78, 5) is 29.4. The molecule has 2 heterocycles. The molecule has 0 saturated carbocycles. The van der Waals surface area contributed by atoms with Gasteiger partial charge < -0.3 is 4.57 Å². The molecule has 2 aromatic rings. The molecule has 0 bridgehead atoms. The summed E-state index contributed by atoms with van der Waals surface area (Å²) in [7, 11) is 1.83. The number of anilines is 1.